The summed E-state index contributed by atoms with van der Waals surface area (Å²) in [6.45, 7) is 8.12. The fourth-order valence-electron chi connectivity index (χ4n) is 4.65. The Labute approximate surface area is 214 Å². The van der Waals surface area contributed by atoms with Crippen molar-refractivity contribution in [2.75, 3.05) is 53.0 Å². The van der Waals surface area contributed by atoms with E-state index in [4.69, 9.17) is 14.5 Å². The topological polar surface area (TPSA) is 67.2 Å². The number of aromatic nitrogens is 2. The Morgan fingerprint density at radius 3 is 2.76 bits per heavy atom. The summed E-state index contributed by atoms with van der Waals surface area (Å²) in [5.74, 6) is 1.89. The van der Waals surface area contributed by atoms with Crippen LogP contribution in [0.25, 0.3) is 0 Å². The molecule has 4 rings (SSSR count). The van der Waals surface area contributed by atoms with Gasteiger partial charge in [-0.15, -0.1) is 24.0 Å². The molecule has 0 aliphatic carbocycles. The Bertz CT molecular complexity index is 899. The monoisotopic (exact) mass is 568 g/mol. The summed E-state index contributed by atoms with van der Waals surface area (Å²) in [5, 5.41) is 7.81. The smallest absolute Gasteiger partial charge is 0.194 e. The zero-order valence-corrected chi connectivity index (χ0v) is 22.3. The Morgan fingerprint density at radius 2 is 2.06 bits per heavy atom. The fraction of sp³-hybridized carbons (Fsp3) is 0.583. The van der Waals surface area contributed by atoms with E-state index in [0.29, 0.717) is 13.2 Å². The SMILES string of the molecule is CCNC(=NCC(c1ccccc1OC)N1CCCC1)N1CCOC(c2cnn(C)c2)C1.I. The third-order valence-corrected chi connectivity index (χ3v) is 6.29. The van der Waals surface area contributed by atoms with Crippen LogP contribution in [0.4, 0.5) is 0 Å². The summed E-state index contributed by atoms with van der Waals surface area (Å²) < 4.78 is 13.6. The molecule has 2 unspecified atom stereocenters. The van der Waals surface area contributed by atoms with Gasteiger partial charge in [-0.25, -0.2) is 0 Å². The lowest BCUT2D eigenvalue weighted by Crippen LogP contribution is -2.48. The first kappa shape index (κ1) is 25.8. The molecule has 2 saturated heterocycles. The quantitative estimate of drug-likeness (QED) is 0.315. The van der Waals surface area contributed by atoms with E-state index < -0.39 is 0 Å². The summed E-state index contributed by atoms with van der Waals surface area (Å²) in [5.41, 5.74) is 2.32. The molecule has 0 saturated carbocycles. The number of methoxy groups -OCH3 is 1. The molecule has 1 N–H and O–H groups in total. The van der Waals surface area contributed by atoms with E-state index in [1.54, 1.807) is 7.11 Å². The van der Waals surface area contributed by atoms with E-state index in [0.717, 1.165) is 50.0 Å². The zero-order valence-electron chi connectivity index (χ0n) is 19.9. The maximum absolute atomic E-state index is 6.04. The third kappa shape index (κ3) is 6.39. The molecule has 1 aromatic heterocycles. The maximum atomic E-state index is 6.04. The van der Waals surface area contributed by atoms with Crippen LogP contribution in [-0.4, -0.2) is 78.5 Å². The van der Waals surface area contributed by atoms with Gasteiger partial charge in [0.05, 0.1) is 39.0 Å². The fourth-order valence-corrected chi connectivity index (χ4v) is 4.65. The average molecular weight is 569 g/mol. The van der Waals surface area contributed by atoms with Gasteiger partial charge >= 0.3 is 0 Å². The van der Waals surface area contributed by atoms with Crippen LogP contribution in [0.3, 0.4) is 0 Å². The lowest BCUT2D eigenvalue weighted by atomic mass is 10.0. The van der Waals surface area contributed by atoms with Crippen LogP contribution in [0.2, 0.25) is 0 Å². The molecule has 2 fully saturated rings. The lowest BCUT2D eigenvalue weighted by Gasteiger charge is -2.35. The summed E-state index contributed by atoms with van der Waals surface area (Å²) >= 11 is 0. The highest BCUT2D eigenvalue weighted by molar-refractivity contribution is 14.0. The first-order valence-corrected chi connectivity index (χ1v) is 11.7. The van der Waals surface area contributed by atoms with E-state index in [1.807, 2.05) is 36.3 Å². The van der Waals surface area contributed by atoms with Crippen molar-refractivity contribution >= 4 is 29.9 Å². The molecule has 0 bridgehead atoms. The Balaban J connectivity index is 0.00000306. The Hall–Kier alpha value is -1.85. The van der Waals surface area contributed by atoms with Crippen molar-refractivity contribution in [2.45, 2.75) is 31.9 Å². The molecule has 0 radical (unpaired) electrons. The average Bonchev–Trinajstić information content (AvgIpc) is 3.51. The Kier molecular flexibility index (Phi) is 9.81. The highest BCUT2D eigenvalue weighted by atomic mass is 127. The molecule has 33 heavy (non-hydrogen) atoms. The van der Waals surface area contributed by atoms with Crippen molar-refractivity contribution in [2.24, 2.45) is 12.0 Å². The molecule has 2 aromatic rings. The summed E-state index contributed by atoms with van der Waals surface area (Å²) in [4.78, 5) is 9.98. The van der Waals surface area contributed by atoms with Gasteiger partial charge in [-0.3, -0.25) is 14.6 Å². The molecule has 2 aliphatic rings. The molecule has 8 nitrogen and oxygen atoms in total. The van der Waals surface area contributed by atoms with Crippen molar-refractivity contribution in [3.8, 4) is 5.75 Å². The van der Waals surface area contributed by atoms with Gasteiger partial charge in [-0.2, -0.15) is 5.10 Å². The van der Waals surface area contributed by atoms with Gasteiger partial charge in [0.1, 0.15) is 11.9 Å². The van der Waals surface area contributed by atoms with Crippen LogP contribution in [0.5, 0.6) is 5.75 Å². The van der Waals surface area contributed by atoms with Crippen LogP contribution in [0, 0.1) is 0 Å². The van der Waals surface area contributed by atoms with Gasteiger partial charge in [-0.05, 0) is 38.9 Å². The van der Waals surface area contributed by atoms with E-state index in [2.05, 4.69) is 39.3 Å². The molecule has 1 aromatic carbocycles. The number of halogens is 1. The first-order valence-electron chi connectivity index (χ1n) is 11.7. The first-order chi connectivity index (χ1) is 15.7. The minimum absolute atomic E-state index is 0. The highest BCUT2D eigenvalue weighted by Crippen LogP contribution is 2.32. The third-order valence-electron chi connectivity index (χ3n) is 6.29. The van der Waals surface area contributed by atoms with Gasteiger partial charge in [0.15, 0.2) is 5.96 Å². The van der Waals surface area contributed by atoms with E-state index in [9.17, 15) is 0 Å². The molecule has 2 atom stereocenters. The Morgan fingerprint density at radius 1 is 1.27 bits per heavy atom. The number of para-hydroxylation sites is 1. The standard InChI is InChI=1S/C24H36N6O2.HI/c1-4-25-24(30-13-14-32-23(18-30)19-15-27-28(2)17-19)26-16-21(29-11-7-8-12-29)20-9-5-6-10-22(20)31-3;/h5-6,9-10,15,17,21,23H,4,7-8,11-14,16,18H2,1-3H3,(H,25,26);1H. The number of likely N-dealkylation sites (tertiary alicyclic amines) is 1. The highest BCUT2D eigenvalue weighted by Gasteiger charge is 2.28. The van der Waals surface area contributed by atoms with Crippen molar-refractivity contribution in [3.05, 3.63) is 47.8 Å². The van der Waals surface area contributed by atoms with Crippen LogP contribution in [0.15, 0.2) is 41.7 Å². The minimum Gasteiger partial charge on any atom is -0.496 e. The molecule has 0 amide bonds. The second kappa shape index (κ2) is 12.6. The van der Waals surface area contributed by atoms with E-state index in [1.165, 1.54) is 18.4 Å². The predicted molar refractivity (Wildman–Crippen MR) is 141 cm³/mol. The van der Waals surface area contributed by atoms with Crippen LogP contribution in [0.1, 0.15) is 43.0 Å². The predicted octanol–water partition coefficient (Wildman–Crippen LogP) is 3.22. The lowest BCUT2D eigenvalue weighted by molar-refractivity contribution is -0.00808. The summed E-state index contributed by atoms with van der Waals surface area (Å²) in [6.07, 6.45) is 6.41. The second-order valence-corrected chi connectivity index (χ2v) is 8.45. The number of rotatable bonds is 7. The molecule has 2 aliphatic heterocycles. The molecule has 0 spiro atoms. The van der Waals surface area contributed by atoms with Crippen molar-refractivity contribution < 1.29 is 9.47 Å². The van der Waals surface area contributed by atoms with Crippen LogP contribution < -0.4 is 10.1 Å². The van der Waals surface area contributed by atoms with Gasteiger partial charge in [0, 0.05) is 37.5 Å². The number of hydrogen-bond donors (Lipinski definition) is 1. The van der Waals surface area contributed by atoms with Crippen molar-refractivity contribution in [3.63, 3.8) is 0 Å². The zero-order chi connectivity index (χ0) is 22.3. The molecule has 182 valence electrons. The number of guanidine groups is 1. The minimum atomic E-state index is 0. The molecular weight excluding hydrogens is 531 g/mol. The van der Waals surface area contributed by atoms with E-state index in [-0.39, 0.29) is 36.1 Å². The molecular formula is C24H37IN6O2. The number of morpholine rings is 1. The normalized spacial score (nSPS) is 20.4. The number of nitrogens with one attached hydrogen (secondary N) is 1. The van der Waals surface area contributed by atoms with Gasteiger partial charge < -0.3 is 19.7 Å². The number of nitrogens with zero attached hydrogens (tertiary/aromatic N) is 5. The largest absolute Gasteiger partial charge is 0.496 e. The van der Waals surface area contributed by atoms with Gasteiger partial charge in [0.2, 0.25) is 0 Å². The second-order valence-electron chi connectivity index (χ2n) is 8.45. The van der Waals surface area contributed by atoms with E-state index >= 15 is 0 Å². The number of hydrogen-bond acceptors (Lipinski definition) is 5. The van der Waals surface area contributed by atoms with Crippen molar-refractivity contribution in [1.82, 2.24) is 24.9 Å². The number of benzene rings is 1. The number of aryl methyl sites for hydroxylation is 1. The number of aliphatic imine (C=N–C) groups is 1. The van der Waals surface area contributed by atoms with Crippen molar-refractivity contribution in [1.29, 1.82) is 0 Å². The van der Waals surface area contributed by atoms with Gasteiger partial charge in [0.25, 0.3) is 0 Å². The maximum Gasteiger partial charge on any atom is 0.194 e. The van der Waals surface area contributed by atoms with Crippen LogP contribution in [-0.2, 0) is 11.8 Å². The molecule has 9 heteroatoms. The van der Waals surface area contributed by atoms with Crippen LogP contribution >= 0.6 is 24.0 Å². The van der Waals surface area contributed by atoms with Gasteiger partial charge in [-0.1, -0.05) is 18.2 Å². The number of ether oxygens (including phenoxy) is 2. The summed E-state index contributed by atoms with van der Waals surface area (Å²) in [6, 6.07) is 8.56. The molecule has 3 heterocycles. The summed E-state index contributed by atoms with van der Waals surface area (Å²) in [7, 11) is 3.69.